The molecule has 1 aliphatic rings. The van der Waals surface area contributed by atoms with Crippen LogP contribution >= 0.6 is 0 Å². The van der Waals surface area contributed by atoms with Crippen LogP contribution in [0.3, 0.4) is 0 Å². The zero-order chi connectivity index (χ0) is 19.6. The first-order valence-electron chi connectivity index (χ1n) is 9.26. The van der Waals surface area contributed by atoms with Gasteiger partial charge in [0, 0.05) is 36.3 Å². The predicted molar refractivity (Wildman–Crippen MR) is 106 cm³/mol. The van der Waals surface area contributed by atoms with Crippen LogP contribution in [-0.2, 0) is 4.74 Å². The van der Waals surface area contributed by atoms with E-state index >= 15 is 0 Å². The van der Waals surface area contributed by atoms with Crippen LogP contribution < -0.4 is 10.2 Å². The van der Waals surface area contributed by atoms with Gasteiger partial charge in [-0.15, -0.1) is 0 Å². The summed E-state index contributed by atoms with van der Waals surface area (Å²) >= 11 is 0. The number of morpholine rings is 1. The predicted octanol–water partition coefficient (Wildman–Crippen LogP) is 2.47. The third kappa shape index (κ3) is 3.43. The van der Waals surface area contributed by atoms with Crippen molar-refractivity contribution in [3.05, 3.63) is 60.7 Å². The highest BCUT2D eigenvalue weighted by atomic mass is 16.5. The minimum atomic E-state index is -0.238. The molecule has 9 nitrogen and oxygen atoms in total. The second kappa shape index (κ2) is 7.36. The maximum Gasteiger partial charge on any atom is 0.256 e. The number of anilines is 2. The molecule has 9 heteroatoms. The summed E-state index contributed by atoms with van der Waals surface area (Å²) in [5.41, 5.74) is 2.05. The van der Waals surface area contributed by atoms with Crippen LogP contribution in [0.5, 0.6) is 0 Å². The van der Waals surface area contributed by atoms with Gasteiger partial charge in [0.15, 0.2) is 17.8 Å². The number of rotatable bonds is 4. The molecule has 0 spiro atoms. The van der Waals surface area contributed by atoms with E-state index in [4.69, 9.17) is 9.15 Å². The molecule has 0 bridgehead atoms. The number of benzene rings is 1. The molecule has 4 aromatic rings. The van der Waals surface area contributed by atoms with Crippen molar-refractivity contribution in [1.29, 1.82) is 0 Å². The summed E-state index contributed by atoms with van der Waals surface area (Å²) in [6.07, 6.45) is 4.70. The number of carbonyl (C=O) groups excluding carboxylic acids is 1. The van der Waals surface area contributed by atoms with Gasteiger partial charge in [0.05, 0.1) is 25.6 Å². The van der Waals surface area contributed by atoms with Gasteiger partial charge in [0.25, 0.3) is 5.91 Å². The fourth-order valence-electron chi connectivity index (χ4n) is 3.31. The maximum absolute atomic E-state index is 12.7. The van der Waals surface area contributed by atoms with Crippen molar-refractivity contribution in [1.82, 2.24) is 19.6 Å². The van der Waals surface area contributed by atoms with Crippen molar-refractivity contribution in [3.63, 3.8) is 0 Å². The van der Waals surface area contributed by atoms with E-state index in [2.05, 4.69) is 25.3 Å². The Balaban J connectivity index is 1.40. The Hall–Kier alpha value is -3.72. The van der Waals surface area contributed by atoms with Gasteiger partial charge in [0.2, 0.25) is 0 Å². The molecule has 4 heterocycles. The lowest BCUT2D eigenvalue weighted by atomic mass is 10.1. The molecule has 1 N–H and O–H groups in total. The summed E-state index contributed by atoms with van der Waals surface area (Å²) < 4.78 is 12.5. The first-order valence-corrected chi connectivity index (χ1v) is 9.26. The van der Waals surface area contributed by atoms with Gasteiger partial charge in [-0.2, -0.15) is 9.61 Å². The lowest BCUT2D eigenvalue weighted by molar-refractivity contribution is 0.102. The number of amides is 1. The minimum Gasteiger partial charge on any atom is -0.444 e. The van der Waals surface area contributed by atoms with Gasteiger partial charge < -0.3 is 19.4 Å². The van der Waals surface area contributed by atoms with Crippen LogP contribution in [-0.4, -0.2) is 51.8 Å². The van der Waals surface area contributed by atoms with Crippen LogP contribution in [0.4, 0.5) is 11.6 Å². The number of carbonyl (C=O) groups is 1. The van der Waals surface area contributed by atoms with E-state index < -0.39 is 0 Å². The molecule has 3 aromatic heterocycles. The normalized spacial score (nSPS) is 14.3. The average molecular weight is 390 g/mol. The summed E-state index contributed by atoms with van der Waals surface area (Å²) in [5.74, 6) is 1.77. The number of hydrogen-bond acceptors (Lipinski definition) is 7. The third-order valence-corrected chi connectivity index (χ3v) is 4.78. The monoisotopic (exact) mass is 390 g/mol. The van der Waals surface area contributed by atoms with Crippen LogP contribution in [0, 0.1) is 0 Å². The fraction of sp³-hybridized carbons (Fsp3) is 0.200. The number of oxazole rings is 1. The van der Waals surface area contributed by atoms with Gasteiger partial charge in [-0.3, -0.25) is 4.79 Å². The Morgan fingerprint density at radius 2 is 1.93 bits per heavy atom. The molecule has 0 unspecified atom stereocenters. The average Bonchev–Trinajstić information content (AvgIpc) is 3.46. The van der Waals surface area contributed by atoms with Crippen molar-refractivity contribution in [2.75, 3.05) is 36.5 Å². The summed E-state index contributed by atoms with van der Waals surface area (Å²) in [6, 6.07) is 10.8. The van der Waals surface area contributed by atoms with E-state index in [-0.39, 0.29) is 5.91 Å². The molecule has 29 heavy (non-hydrogen) atoms. The van der Waals surface area contributed by atoms with Crippen LogP contribution in [0.15, 0.2) is 59.6 Å². The topological polar surface area (TPSA) is 97.8 Å². The van der Waals surface area contributed by atoms with E-state index in [9.17, 15) is 4.79 Å². The number of nitrogens with one attached hydrogen (secondary N) is 1. The smallest absolute Gasteiger partial charge is 0.256 e. The molecule has 1 aliphatic heterocycles. The molecule has 146 valence electrons. The standard InChI is InChI=1S/C20H18N6O3/c27-20(15-3-1-14(2-4-15)16-12-21-13-29-16)24-17-11-19(25-7-9-28-10-8-25)26-18(23-17)5-6-22-26/h1-6,11-13H,7-10H2,(H,23,24,27). The van der Waals surface area contributed by atoms with Crippen molar-refractivity contribution in [3.8, 4) is 11.3 Å². The summed E-state index contributed by atoms with van der Waals surface area (Å²) in [7, 11) is 0. The Labute approximate surface area is 165 Å². The van der Waals surface area contributed by atoms with E-state index in [1.807, 2.05) is 24.3 Å². The Kier molecular flexibility index (Phi) is 4.41. The second-order valence-corrected chi connectivity index (χ2v) is 6.60. The van der Waals surface area contributed by atoms with Crippen molar-refractivity contribution < 1.29 is 13.9 Å². The van der Waals surface area contributed by atoms with Crippen LogP contribution in [0.2, 0.25) is 0 Å². The number of fused-ring (bicyclic) bond motifs is 1. The summed E-state index contributed by atoms with van der Waals surface area (Å²) in [4.78, 5) is 23.3. The molecule has 1 saturated heterocycles. The molecule has 0 saturated carbocycles. The molecule has 1 fully saturated rings. The molecule has 0 radical (unpaired) electrons. The van der Waals surface area contributed by atoms with Gasteiger partial charge in [-0.25, -0.2) is 9.97 Å². The van der Waals surface area contributed by atoms with E-state index in [1.165, 1.54) is 6.39 Å². The maximum atomic E-state index is 12.7. The van der Waals surface area contributed by atoms with E-state index in [0.29, 0.717) is 36.0 Å². The van der Waals surface area contributed by atoms with Gasteiger partial charge in [-0.05, 0) is 12.1 Å². The molecular weight excluding hydrogens is 372 g/mol. The molecular formula is C20H18N6O3. The number of nitrogens with zero attached hydrogens (tertiary/aromatic N) is 5. The number of hydrogen-bond donors (Lipinski definition) is 1. The van der Waals surface area contributed by atoms with Gasteiger partial charge in [-0.1, -0.05) is 12.1 Å². The third-order valence-electron chi connectivity index (χ3n) is 4.78. The van der Waals surface area contributed by atoms with Gasteiger partial charge in [0.1, 0.15) is 11.6 Å². The van der Waals surface area contributed by atoms with Crippen LogP contribution in [0.1, 0.15) is 10.4 Å². The first kappa shape index (κ1) is 17.4. The lowest BCUT2D eigenvalue weighted by Crippen LogP contribution is -2.37. The second-order valence-electron chi connectivity index (χ2n) is 6.60. The Morgan fingerprint density at radius 3 is 2.69 bits per heavy atom. The Morgan fingerprint density at radius 1 is 1.10 bits per heavy atom. The summed E-state index contributed by atoms with van der Waals surface area (Å²) in [5, 5.41) is 7.24. The van der Waals surface area contributed by atoms with Crippen LogP contribution in [0.25, 0.3) is 17.0 Å². The quantitative estimate of drug-likeness (QED) is 0.572. The van der Waals surface area contributed by atoms with Crippen molar-refractivity contribution >= 4 is 23.2 Å². The minimum absolute atomic E-state index is 0.238. The first-order chi connectivity index (χ1) is 14.3. The molecule has 1 aromatic carbocycles. The number of ether oxygens (including phenoxy) is 1. The molecule has 0 atom stereocenters. The van der Waals surface area contributed by atoms with Gasteiger partial charge >= 0.3 is 0 Å². The highest BCUT2D eigenvalue weighted by molar-refractivity contribution is 6.04. The lowest BCUT2D eigenvalue weighted by Gasteiger charge is -2.29. The van der Waals surface area contributed by atoms with E-state index in [0.717, 1.165) is 24.5 Å². The highest BCUT2D eigenvalue weighted by Gasteiger charge is 2.17. The zero-order valence-corrected chi connectivity index (χ0v) is 15.5. The highest BCUT2D eigenvalue weighted by Crippen LogP contribution is 2.22. The van der Waals surface area contributed by atoms with E-state index in [1.54, 1.807) is 29.0 Å². The summed E-state index contributed by atoms with van der Waals surface area (Å²) in [6.45, 7) is 2.83. The fourth-order valence-corrected chi connectivity index (χ4v) is 3.31. The number of aromatic nitrogens is 4. The molecule has 5 rings (SSSR count). The van der Waals surface area contributed by atoms with Crippen molar-refractivity contribution in [2.24, 2.45) is 0 Å². The Bertz CT molecular complexity index is 1130. The molecule has 1 amide bonds. The molecule has 0 aliphatic carbocycles. The van der Waals surface area contributed by atoms with Crippen molar-refractivity contribution in [2.45, 2.75) is 0 Å². The SMILES string of the molecule is O=C(Nc1cc(N2CCOCC2)n2nccc2n1)c1ccc(-c2cnco2)cc1. The zero-order valence-electron chi connectivity index (χ0n) is 15.5. The largest absolute Gasteiger partial charge is 0.444 e.